The first-order valence-corrected chi connectivity index (χ1v) is 7.24. The van der Waals surface area contributed by atoms with E-state index in [1.807, 2.05) is 6.92 Å². The molecule has 1 atom stereocenters. The zero-order valence-electron chi connectivity index (χ0n) is 9.28. The van der Waals surface area contributed by atoms with Crippen molar-refractivity contribution < 1.29 is 19.1 Å². The monoisotopic (exact) mass is 235 g/mol. The van der Waals surface area contributed by atoms with Gasteiger partial charge in [-0.3, -0.25) is 0 Å². The first-order valence-electron chi connectivity index (χ1n) is 5.70. The molecule has 15 heavy (non-hydrogen) atoms. The highest BCUT2D eigenvalue weighted by atomic mass is 31.2. The van der Waals surface area contributed by atoms with E-state index in [2.05, 4.69) is 0 Å². The van der Waals surface area contributed by atoms with Gasteiger partial charge in [-0.25, -0.2) is 0 Å². The Hall–Kier alpha value is 0.110. The first-order chi connectivity index (χ1) is 7.02. The van der Waals surface area contributed by atoms with Crippen LogP contribution >= 0.6 is 7.60 Å². The Balaban J connectivity index is 2.53. The van der Waals surface area contributed by atoms with Gasteiger partial charge in [0.15, 0.2) is 7.60 Å². The summed E-state index contributed by atoms with van der Waals surface area (Å²) in [6.07, 6.45) is 4.76. The molecule has 0 heterocycles. The fourth-order valence-electron chi connectivity index (χ4n) is 1.84. The zero-order chi connectivity index (χ0) is 11.4. The summed E-state index contributed by atoms with van der Waals surface area (Å²) in [7, 11) is -4.10. The van der Waals surface area contributed by atoms with Crippen LogP contribution in [0.1, 0.15) is 51.9 Å². The lowest BCUT2D eigenvalue weighted by molar-refractivity contribution is -0.218. The van der Waals surface area contributed by atoms with Gasteiger partial charge in [-0.1, -0.05) is 32.6 Å². The number of rotatable bonds is 5. The Morgan fingerprint density at radius 3 is 2.53 bits per heavy atom. The number of aliphatic hydroxyl groups is 1. The molecular weight excluding hydrogens is 215 g/mol. The molecule has 1 unspecified atom stereocenters. The Labute approximate surface area is 91.2 Å². The van der Waals surface area contributed by atoms with Crippen molar-refractivity contribution in [1.29, 1.82) is 0 Å². The van der Waals surface area contributed by atoms with Crippen molar-refractivity contribution in [3.8, 4) is 0 Å². The second kappa shape index (κ2) is 5.44. The molecule has 0 bridgehead atoms. The van der Waals surface area contributed by atoms with Gasteiger partial charge in [0, 0.05) is 0 Å². The van der Waals surface area contributed by atoms with Crippen LogP contribution in [0, 0.1) is 0 Å². The molecule has 1 aliphatic rings. The SMILES string of the molecule is CCCCOP(=O)([O-])C1(O)CCCCC1. The highest BCUT2D eigenvalue weighted by molar-refractivity contribution is 7.52. The zero-order valence-corrected chi connectivity index (χ0v) is 10.2. The minimum atomic E-state index is -4.10. The third kappa shape index (κ3) is 3.28. The van der Waals surface area contributed by atoms with Gasteiger partial charge in [0.2, 0.25) is 0 Å². The standard InChI is InChI=1S/C10H21O4P/c1-2-3-9-14-15(12,13)10(11)7-5-4-6-8-10/h11H,2-9H2,1H3,(H,12,13)/p-1. The normalized spacial score (nSPS) is 24.7. The van der Waals surface area contributed by atoms with Gasteiger partial charge in [-0.05, 0) is 19.3 Å². The predicted octanol–water partition coefficient (Wildman–Crippen LogP) is 2.01. The Morgan fingerprint density at radius 1 is 1.40 bits per heavy atom. The Kier molecular flexibility index (Phi) is 4.78. The lowest BCUT2D eigenvalue weighted by Crippen LogP contribution is -2.36. The van der Waals surface area contributed by atoms with E-state index in [9.17, 15) is 14.6 Å². The summed E-state index contributed by atoms with van der Waals surface area (Å²) in [5, 5.41) is 8.40. The second-order valence-corrected chi connectivity index (χ2v) is 6.31. The van der Waals surface area contributed by atoms with Crippen molar-refractivity contribution in [1.82, 2.24) is 0 Å². The minimum Gasteiger partial charge on any atom is -0.776 e. The quantitative estimate of drug-likeness (QED) is 0.584. The topological polar surface area (TPSA) is 69.6 Å². The second-order valence-electron chi connectivity index (χ2n) is 4.23. The van der Waals surface area contributed by atoms with Crippen LogP contribution in [0.5, 0.6) is 0 Å². The van der Waals surface area contributed by atoms with Gasteiger partial charge in [0.25, 0.3) is 0 Å². The van der Waals surface area contributed by atoms with E-state index in [1.54, 1.807) is 0 Å². The van der Waals surface area contributed by atoms with E-state index in [1.165, 1.54) is 0 Å². The van der Waals surface area contributed by atoms with E-state index in [0.29, 0.717) is 19.3 Å². The van der Waals surface area contributed by atoms with Crippen LogP contribution in [0.2, 0.25) is 0 Å². The van der Waals surface area contributed by atoms with Crippen LogP contribution in [0.15, 0.2) is 0 Å². The van der Waals surface area contributed by atoms with Gasteiger partial charge >= 0.3 is 0 Å². The summed E-state index contributed by atoms with van der Waals surface area (Å²) in [4.78, 5) is 11.7. The summed E-state index contributed by atoms with van der Waals surface area (Å²) in [5.74, 6) is 0. The summed E-state index contributed by atoms with van der Waals surface area (Å²) in [5.41, 5.74) is 0. The molecule has 0 aliphatic heterocycles. The van der Waals surface area contributed by atoms with E-state index in [-0.39, 0.29) is 6.61 Å². The van der Waals surface area contributed by atoms with Crippen LogP contribution in [-0.2, 0) is 9.09 Å². The molecule has 1 saturated carbocycles. The lowest BCUT2D eigenvalue weighted by atomic mass is 9.97. The van der Waals surface area contributed by atoms with Gasteiger partial charge in [-0.2, -0.15) is 0 Å². The van der Waals surface area contributed by atoms with Crippen molar-refractivity contribution in [3.63, 3.8) is 0 Å². The fraction of sp³-hybridized carbons (Fsp3) is 1.00. The summed E-state index contributed by atoms with van der Waals surface area (Å²) < 4.78 is 16.6. The van der Waals surface area contributed by atoms with Crippen LogP contribution in [0.4, 0.5) is 0 Å². The molecule has 1 N–H and O–H groups in total. The minimum absolute atomic E-state index is 0.194. The molecule has 0 aromatic carbocycles. The predicted molar refractivity (Wildman–Crippen MR) is 56.5 cm³/mol. The van der Waals surface area contributed by atoms with E-state index in [4.69, 9.17) is 4.52 Å². The average Bonchev–Trinajstić information content (AvgIpc) is 2.19. The molecule has 1 aliphatic carbocycles. The fourth-order valence-corrected chi connectivity index (χ4v) is 3.31. The Bertz CT molecular complexity index is 236. The summed E-state index contributed by atoms with van der Waals surface area (Å²) in [6, 6.07) is 0. The highest BCUT2D eigenvalue weighted by Crippen LogP contribution is 2.56. The van der Waals surface area contributed by atoms with Gasteiger partial charge in [-0.15, -0.1) is 0 Å². The molecule has 0 amide bonds. The lowest BCUT2D eigenvalue weighted by Gasteiger charge is -2.42. The van der Waals surface area contributed by atoms with Crippen molar-refractivity contribution >= 4 is 7.60 Å². The van der Waals surface area contributed by atoms with Crippen LogP contribution in [-0.4, -0.2) is 17.1 Å². The average molecular weight is 235 g/mol. The van der Waals surface area contributed by atoms with E-state index >= 15 is 0 Å². The number of hydrogen-bond acceptors (Lipinski definition) is 4. The van der Waals surface area contributed by atoms with Gasteiger partial charge < -0.3 is 19.1 Å². The smallest absolute Gasteiger partial charge is 0.166 e. The van der Waals surface area contributed by atoms with Crippen molar-refractivity contribution in [2.24, 2.45) is 0 Å². The van der Waals surface area contributed by atoms with Crippen molar-refractivity contribution in [3.05, 3.63) is 0 Å². The van der Waals surface area contributed by atoms with E-state index in [0.717, 1.165) is 25.7 Å². The molecule has 0 radical (unpaired) electrons. The summed E-state index contributed by atoms with van der Waals surface area (Å²) in [6.45, 7) is 2.16. The largest absolute Gasteiger partial charge is 0.776 e. The first kappa shape index (κ1) is 13.2. The molecule has 1 fully saturated rings. The maximum absolute atomic E-state index is 11.7. The van der Waals surface area contributed by atoms with Crippen molar-refractivity contribution in [2.75, 3.05) is 6.61 Å². The molecule has 5 heteroatoms. The summed E-state index contributed by atoms with van der Waals surface area (Å²) >= 11 is 0. The number of hydrogen-bond donors (Lipinski definition) is 1. The van der Waals surface area contributed by atoms with Crippen LogP contribution < -0.4 is 4.89 Å². The molecule has 90 valence electrons. The van der Waals surface area contributed by atoms with Crippen LogP contribution in [0.25, 0.3) is 0 Å². The molecule has 0 aromatic rings. The van der Waals surface area contributed by atoms with Gasteiger partial charge in [0.1, 0.15) is 5.34 Å². The number of unbranched alkanes of at least 4 members (excludes halogenated alkanes) is 1. The maximum Gasteiger partial charge on any atom is 0.166 e. The molecule has 1 rings (SSSR count). The molecule has 0 aromatic heterocycles. The third-order valence-electron chi connectivity index (χ3n) is 2.92. The molecule has 0 spiro atoms. The third-order valence-corrected chi connectivity index (χ3v) is 4.91. The van der Waals surface area contributed by atoms with E-state index < -0.39 is 12.9 Å². The van der Waals surface area contributed by atoms with Gasteiger partial charge in [0.05, 0.1) is 6.61 Å². The highest BCUT2D eigenvalue weighted by Gasteiger charge is 2.40. The van der Waals surface area contributed by atoms with Crippen LogP contribution in [0.3, 0.4) is 0 Å². The maximum atomic E-state index is 11.7. The Morgan fingerprint density at radius 2 is 2.00 bits per heavy atom. The molecule has 4 nitrogen and oxygen atoms in total. The molecular formula is C10H20O4P-. The van der Waals surface area contributed by atoms with Crippen molar-refractivity contribution in [2.45, 2.75) is 57.2 Å². The molecule has 0 saturated heterocycles.